The Morgan fingerprint density at radius 1 is 1.43 bits per heavy atom. The van der Waals surface area contributed by atoms with E-state index >= 15 is 0 Å². The molecule has 1 aromatic carbocycles. The fourth-order valence-corrected chi connectivity index (χ4v) is 1.41. The second-order valence-corrected chi connectivity index (χ2v) is 3.19. The number of aryl methyl sites for hydroxylation is 1. The van der Waals surface area contributed by atoms with Crippen LogP contribution in [0.2, 0.25) is 0 Å². The number of carbonyl (C=O) groups is 1. The standard InChI is InChI=1S/C11H10O3/c1-7-5-10-9(3-4-13-10)11(6-7)14-8(2)12/h3-6H,1-2H3. The molecule has 3 heteroatoms. The summed E-state index contributed by atoms with van der Waals surface area (Å²) < 4.78 is 10.3. The average molecular weight is 190 g/mol. The first kappa shape index (κ1) is 8.81. The number of hydrogen-bond acceptors (Lipinski definition) is 3. The quantitative estimate of drug-likeness (QED) is 0.512. The van der Waals surface area contributed by atoms with E-state index in [1.54, 1.807) is 12.3 Å². The molecule has 1 aromatic heterocycles. The lowest BCUT2D eigenvalue weighted by molar-refractivity contribution is -0.131. The summed E-state index contributed by atoms with van der Waals surface area (Å²) in [5.41, 5.74) is 1.74. The fourth-order valence-electron chi connectivity index (χ4n) is 1.41. The molecule has 0 atom stereocenters. The van der Waals surface area contributed by atoms with E-state index in [0.717, 1.165) is 16.5 Å². The number of esters is 1. The Hall–Kier alpha value is -1.77. The number of fused-ring (bicyclic) bond motifs is 1. The zero-order valence-corrected chi connectivity index (χ0v) is 8.03. The molecule has 1 heterocycles. The molecule has 0 bridgehead atoms. The van der Waals surface area contributed by atoms with E-state index in [2.05, 4.69) is 0 Å². The van der Waals surface area contributed by atoms with Crippen LogP contribution in [0.3, 0.4) is 0 Å². The Balaban J connectivity index is 2.60. The van der Waals surface area contributed by atoms with Gasteiger partial charge in [0.15, 0.2) is 0 Å². The highest BCUT2D eigenvalue weighted by Gasteiger charge is 2.07. The van der Waals surface area contributed by atoms with Gasteiger partial charge in [0.1, 0.15) is 11.3 Å². The van der Waals surface area contributed by atoms with E-state index in [1.165, 1.54) is 6.92 Å². The SMILES string of the molecule is CC(=O)Oc1cc(C)cc2occc12. The van der Waals surface area contributed by atoms with Crippen molar-refractivity contribution in [2.75, 3.05) is 0 Å². The summed E-state index contributed by atoms with van der Waals surface area (Å²) in [6, 6.07) is 5.51. The van der Waals surface area contributed by atoms with Gasteiger partial charge in [-0.25, -0.2) is 0 Å². The minimum atomic E-state index is -0.321. The van der Waals surface area contributed by atoms with E-state index in [9.17, 15) is 4.79 Å². The van der Waals surface area contributed by atoms with Crippen LogP contribution >= 0.6 is 0 Å². The van der Waals surface area contributed by atoms with Crippen LogP contribution in [0.4, 0.5) is 0 Å². The van der Waals surface area contributed by atoms with Crippen LogP contribution < -0.4 is 4.74 Å². The highest BCUT2D eigenvalue weighted by atomic mass is 16.5. The Kier molecular flexibility index (Phi) is 2.00. The Bertz CT molecular complexity index is 482. The number of furan rings is 1. The summed E-state index contributed by atoms with van der Waals surface area (Å²) in [5, 5.41) is 0.825. The third-order valence-corrected chi connectivity index (χ3v) is 1.93. The monoisotopic (exact) mass is 190 g/mol. The Morgan fingerprint density at radius 2 is 2.21 bits per heavy atom. The maximum absolute atomic E-state index is 10.8. The second kappa shape index (κ2) is 3.18. The molecule has 2 aromatic rings. The lowest BCUT2D eigenvalue weighted by atomic mass is 10.2. The Labute approximate surface area is 81.3 Å². The Morgan fingerprint density at radius 3 is 2.93 bits per heavy atom. The van der Waals surface area contributed by atoms with E-state index in [-0.39, 0.29) is 5.97 Å². The van der Waals surface area contributed by atoms with Gasteiger partial charge in [-0.15, -0.1) is 0 Å². The molecule has 0 unspecified atom stereocenters. The first-order valence-electron chi connectivity index (χ1n) is 4.33. The van der Waals surface area contributed by atoms with Crippen molar-refractivity contribution in [3.05, 3.63) is 30.0 Å². The molecule has 72 valence electrons. The zero-order chi connectivity index (χ0) is 10.1. The van der Waals surface area contributed by atoms with Gasteiger partial charge in [-0.2, -0.15) is 0 Å². The van der Waals surface area contributed by atoms with Gasteiger partial charge in [0, 0.05) is 6.92 Å². The van der Waals surface area contributed by atoms with Crippen LogP contribution in [0.5, 0.6) is 5.75 Å². The molecule has 0 aliphatic rings. The van der Waals surface area contributed by atoms with Gasteiger partial charge in [0.2, 0.25) is 0 Å². The summed E-state index contributed by atoms with van der Waals surface area (Å²) in [7, 11) is 0. The maximum Gasteiger partial charge on any atom is 0.308 e. The van der Waals surface area contributed by atoms with Crippen molar-refractivity contribution in [2.45, 2.75) is 13.8 Å². The molecular weight excluding hydrogens is 180 g/mol. The number of rotatable bonds is 1. The molecule has 0 N–H and O–H groups in total. The van der Waals surface area contributed by atoms with E-state index in [0.29, 0.717) is 5.75 Å². The van der Waals surface area contributed by atoms with Crippen molar-refractivity contribution in [2.24, 2.45) is 0 Å². The van der Waals surface area contributed by atoms with Crippen LogP contribution in [-0.4, -0.2) is 5.97 Å². The first-order valence-corrected chi connectivity index (χ1v) is 4.33. The largest absolute Gasteiger partial charge is 0.464 e. The number of ether oxygens (including phenoxy) is 1. The minimum Gasteiger partial charge on any atom is -0.464 e. The topological polar surface area (TPSA) is 39.4 Å². The average Bonchev–Trinajstić information content (AvgIpc) is 2.50. The van der Waals surface area contributed by atoms with Gasteiger partial charge in [-0.3, -0.25) is 4.79 Å². The maximum atomic E-state index is 10.8. The van der Waals surface area contributed by atoms with Crippen molar-refractivity contribution >= 4 is 16.9 Å². The molecule has 0 spiro atoms. The zero-order valence-electron chi connectivity index (χ0n) is 8.03. The van der Waals surface area contributed by atoms with Gasteiger partial charge in [-0.1, -0.05) is 0 Å². The van der Waals surface area contributed by atoms with Crippen molar-refractivity contribution in [1.82, 2.24) is 0 Å². The highest BCUT2D eigenvalue weighted by Crippen LogP contribution is 2.28. The number of carbonyl (C=O) groups excluding carboxylic acids is 1. The molecule has 0 saturated carbocycles. The van der Waals surface area contributed by atoms with Crippen molar-refractivity contribution in [3.63, 3.8) is 0 Å². The van der Waals surface area contributed by atoms with E-state index < -0.39 is 0 Å². The van der Waals surface area contributed by atoms with Crippen molar-refractivity contribution < 1.29 is 13.9 Å². The predicted octanol–water partition coefficient (Wildman–Crippen LogP) is 2.67. The molecule has 3 nitrogen and oxygen atoms in total. The van der Waals surface area contributed by atoms with Crippen LogP contribution in [-0.2, 0) is 4.79 Å². The fraction of sp³-hybridized carbons (Fsp3) is 0.182. The molecule has 0 aliphatic carbocycles. The van der Waals surface area contributed by atoms with Gasteiger partial charge >= 0.3 is 5.97 Å². The van der Waals surface area contributed by atoms with Crippen molar-refractivity contribution in [1.29, 1.82) is 0 Å². The van der Waals surface area contributed by atoms with Crippen molar-refractivity contribution in [3.8, 4) is 5.75 Å². The molecule has 2 rings (SSSR count). The number of hydrogen-bond donors (Lipinski definition) is 0. The highest BCUT2D eigenvalue weighted by molar-refractivity contribution is 5.87. The molecular formula is C11H10O3. The summed E-state index contributed by atoms with van der Waals surface area (Å²) in [6.45, 7) is 3.31. The lowest BCUT2D eigenvalue weighted by Gasteiger charge is -2.03. The lowest BCUT2D eigenvalue weighted by Crippen LogP contribution is -2.01. The van der Waals surface area contributed by atoms with Gasteiger partial charge in [-0.05, 0) is 30.7 Å². The first-order chi connectivity index (χ1) is 6.66. The summed E-state index contributed by atoms with van der Waals surface area (Å²) in [4.78, 5) is 10.8. The molecule has 0 amide bonds. The number of benzene rings is 1. The van der Waals surface area contributed by atoms with Gasteiger partial charge in [0.05, 0.1) is 11.6 Å². The normalized spacial score (nSPS) is 10.4. The summed E-state index contributed by atoms with van der Waals surface area (Å²) >= 11 is 0. The van der Waals surface area contributed by atoms with Crippen LogP contribution in [0, 0.1) is 6.92 Å². The van der Waals surface area contributed by atoms with Gasteiger partial charge < -0.3 is 9.15 Å². The summed E-state index contributed by atoms with van der Waals surface area (Å²) in [5.74, 6) is 0.236. The smallest absolute Gasteiger partial charge is 0.308 e. The van der Waals surface area contributed by atoms with Crippen LogP contribution in [0.25, 0.3) is 11.0 Å². The van der Waals surface area contributed by atoms with Crippen LogP contribution in [0.1, 0.15) is 12.5 Å². The summed E-state index contributed by atoms with van der Waals surface area (Å²) in [6.07, 6.45) is 1.58. The molecule has 14 heavy (non-hydrogen) atoms. The third-order valence-electron chi connectivity index (χ3n) is 1.93. The van der Waals surface area contributed by atoms with Gasteiger partial charge in [0.25, 0.3) is 0 Å². The van der Waals surface area contributed by atoms with E-state index in [1.807, 2.05) is 19.1 Å². The van der Waals surface area contributed by atoms with E-state index in [4.69, 9.17) is 9.15 Å². The third kappa shape index (κ3) is 1.48. The second-order valence-electron chi connectivity index (χ2n) is 3.19. The molecule has 0 aliphatic heterocycles. The molecule has 0 radical (unpaired) electrons. The van der Waals surface area contributed by atoms with Crippen LogP contribution in [0.15, 0.2) is 28.9 Å². The molecule has 0 saturated heterocycles. The predicted molar refractivity (Wildman–Crippen MR) is 52.3 cm³/mol. The molecule has 0 fully saturated rings. The minimum absolute atomic E-state index is 0.321.